The minimum absolute atomic E-state index is 0.0820. The quantitative estimate of drug-likeness (QED) is 0.306. The van der Waals surface area contributed by atoms with Gasteiger partial charge in [0.05, 0.1) is 18.4 Å². The van der Waals surface area contributed by atoms with Gasteiger partial charge in [-0.15, -0.1) is 10.2 Å². The first-order chi connectivity index (χ1) is 16.6. The van der Waals surface area contributed by atoms with Crippen molar-refractivity contribution in [2.75, 3.05) is 12.9 Å². The maximum atomic E-state index is 12.5. The van der Waals surface area contributed by atoms with Crippen molar-refractivity contribution >= 4 is 29.3 Å². The van der Waals surface area contributed by atoms with E-state index < -0.39 is 0 Å². The van der Waals surface area contributed by atoms with E-state index in [1.807, 2.05) is 66.7 Å². The number of ether oxygens (including phenoxy) is 1. The van der Waals surface area contributed by atoms with E-state index in [9.17, 15) is 4.79 Å². The van der Waals surface area contributed by atoms with Crippen LogP contribution in [0.1, 0.15) is 11.1 Å². The molecule has 0 spiro atoms. The Balaban J connectivity index is 1.49. The van der Waals surface area contributed by atoms with E-state index in [0.29, 0.717) is 23.3 Å². The van der Waals surface area contributed by atoms with Gasteiger partial charge >= 0.3 is 0 Å². The molecule has 0 atom stereocenters. The molecule has 34 heavy (non-hydrogen) atoms. The van der Waals surface area contributed by atoms with E-state index in [0.717, 1.165) is 29.1 Å². The largest absolute Gasteiger partial charge is 0.496 e. The molecular weight excluding hydrogens is 468 g/mol. The SMILES string of the molecule is COc1ccccc1-c1nnc(SCC(=O)NCc2cccc(Cl)c2)n1CCc1ccccc1. The molecule has 4 rings (SSSR count). The third-order valence-corrected chi connectivity index (χ3v) is 6.44. The van der Waals surface area contributed by atoms with Crippen LogP contribution in [-0.4, -0.2) is 33.5 Å². The molecular formula is C26H25ClN4O2S. The van der Waals surface area contributed by atoms with Gasteiger partial charge in [-0.3, -0.25) is 4.79 Å². The van der Waals surface area contributed by atoms with Gasteiger partial charge < -0.3 is 14.6 Å². The molecule has 0 aliphatic heterocycles. The monoisotopic (exact) mass is 492 g/mol. The van der Waals surface area contributed by atoms with Gasteiger partial charge in [-0.25, -0.2) is 0 Å². The lowest BCUT2D eigenvalue weighted by Crippen LogP contribution is -2.24. The summed E-state index contributed by atoms with van der Waals surface area (Å²) >= 11 is 7.39. The highest BCUT2D eigenvalue weighted by Crippen LogP contribution is 2.31. The number of aryl methyl sites for hydroxylation is 1. The Bertz CT molecular complexity index is 1250. The van der Waals surface area contributed by atoms with E-state index in [2.05, 4.69) is 32.2 Å². The zero-order valence-corrected chi connectivity index (χ0v) is 20.4. The summed E-state index contributed by atoms with van der Waals surface area (Å²) in [7, 11) is 1.64. The van der Waals surface area contributed by atoms with Crippen LogP contribution in [0.15, 0.2) is 84.0 Å². The second kappa shape index (κ2) is 11.7. The van der Waals surface area contributed by atoms with Crippen LogP contribution in [0.2, 0.25) is 5.02 Å². The second-order valence-electron chi connectivity index (χ2n) is 7.59. The Morgan fingerprint density at radius 1 is 1.00 bits per heavy atom. The Morgan fingerprint density at radius 3 is 2.56 bits per heavy atom. The number of rotatable bonds is 10. The van der Waals surface area contributed by atoms with Crippen LogP contribution < -0.4 is 10.1 Å². The summed E-state index contributed by atoms with van der Waals surface area (Å²) in [5, 5.41) is 13.1. The third kappa shape index (κ3) is 6.18. The molecule has 1 aromatic heterocycles. The molecule has 0 fully saturated rings. The van der Waals surface area contributed by atoms with Crippen LogP contribution in [0.5, 0.6) is 5.75 Å². The molecule has 0 saturated heterocycles. The molecule has 0 radical (unpaired) electrons. The first-order valence-electron chi connectivity index (χ1n) is 10.9. The van der Waals surface area contributed by atoms with Gasteiger partial charge in [0, 0.05) is 18.1 Å². The zero-order chi connectivity index (χ0) is 23.8. The number of hydrogen-bond donors (Lipinski definition) is 1. The van der Waals surface area contributed by atoms with Gasteiger partial charge in [-0.1, -0.05) is 78.0 Å². The fourth-order valence-electron chi connectivity index (χ4n) is 3.54. The summed E-state index contributed by atoms with van der Waals surface area (Å²) in [6.45, 7) is 1.10. The highest BCUT2D eigenvalue weighted by molar-refractivity contribution is 7.99. The number of hydrogen-bond acceptors (Lipinski definition) is 5. The fraction of sp³-hybridized carbons (Fsp3) is 0.192. The molecule has 0 unspecified atom stereocenters. The molecule has 1 amide bonds. The van der Waals surface area contributed by atoms with Crippen LogP contribution in [0.4, 0.5) is 0 Å². The summed E-state index contributed by atoms with van der Waals surface area (Å²) in [6.07, 6.45) is 0.815. The third-order valence-electron chi connectivity index (χ3n) is 5.24. The number of carbonyl (C=O) groups excluding carboxylic acids is 1. The second-order valence-corrected chi connectivity index (χ2v) is 8.97. The van der Waals surface area contributed by atoms with Crippen LogP contribution in [0.25, 0.3) is 11.4 Å². The number of nitrogens with zero attached hydrogens (tertiary/aromatic N) is 3. The van der Waals surface area contributed by atoms with Gasteiger partial charge in [0.2, 0.25) is 5.91 Å². The van der Waals surface area contributed by atoms with E-state index in [-0.39, 0.29) is 11.7 Å². The number of carbonyl (C=O) groups is 1. The van der Waals surface area contributed by atoms with Crippen molar-refractivity contribution in [2.24, 2.45) is 0 Å². The van der Waals surface area contributed by atoms with Crippen molar-refractivity contribution in [1.29, 1.82) is 0 Å². The van der Waals surface area contributed by atoms with Gasteiger partial charge in [-0.2, -0.15) is 0 Å². The molecule has 0 aliphatic carbocycles. The number of para-hydroxylation sites is 1. The summed E-state index contributed by atoms with van der Waals surface area (Å²) in [5.41, 5.74) is 3.04. The molecule has 0 aliphatic rings. The van der Waals surface area contributed by atoms with Crippen molar-refractivity contribution in [3.8, 4) is 17.1 Å². The van der Waals surface area contributed by atoms with Crippen molar-refractivity contribution in [3.05, 3.63) is 95.0 Å². The van der Waals surface area contributed by atoms with Crippen molar-refractivity contribution < 1.29 is 9.53 Å². The van der Waals surface area contributed by atoms with Crippen LogP contribution in [0, 0.1) is 0 Å². The highest BCUT2D eigenvalue weighted by atomic mass is 35.5. The number of thioether (sulfide) groups is 1. The molecule has 6 nitrogen and oxygen atoms in total. The van der Waals surface area contributed by atoms with Crippen molar-refractivity contribution in [3.63, 3.8) is 0 Å². The molecule has 0 bridgehead atoms. The van der Waals surface area contributed by atoms with Crippen LogP contribution in [0.3, 0.4) is 0 Å². The van der Waals surface area contributed by atoms with Gasteiger partial charge in [-0.05, 0) is 41.8 Å². The molecule has 3 aromatic carbocycles. The predicted octanol–water partition coefficient (Wildman–Crippen LogP) is 5.26. The first kappa shape index (κ1) is 23.9. The minimum atomic E-state index is -0.0820. The van der Waals surface area contributed by atoms with Crippen molar-refractivity contribution in [1.82, 2.24) is 20.1 Å². The number of amides is 1. The summed E-state index contributed by atoms with van der Waals surface area (Å²) in [5.74, 6) is 1.60. The number of aromatic nitrogens is 3. The molecule has 4 aromatic rings. The van der Waals surface area contributed by atoms with Gasteiger partial charge in [0.25, 0.3) is 0 Å². The average Bonchev–Trinajstić information content (AvgIpc) is 3.28. The smallest absolute Gasteiger partial charge is 0.230 e. The fourth-order valence-corrected chi connectivity index (χ4v) is 4.55. The number of benzene rings is 3. The summed E-state index contributed by atoms with van der Waals surface area (Å²) < 4.78 is 7.60. The van der Waals surface area contributed by atoms with Crippen LogP contribution >= 0.6 is 23.4 Å². The van der Waals surface area contributed by atoms with E-state index in [1.165, 1.54) is 17.3 Å². The normalized spacial score (nSPS) is 10.8. The van der Waals surface area contributed by atoms with Gasteiger partial charge in [0.15, 0.2) is 11.0 Å². The molecule has 174 valence electrons. The lowest BCUT2D eigenvalue weighted by atomic mass is 10.1. The number of halogens is 1. The minimum Gasteiger partial charge on any atom is -0.496 e. The topological polar surface area (TPSA) is 69.0 Å². The van der Waals surface area contributed by atoms with E-state index in [1.54, 1.807) is 7.11 Å². The average molecular weight is 493 g/mol. The Hall–Kier alpha value is -3.29. The lowest BCUT2D eigenvalue weighted by molar-refractivity contribution is -0.118. The molecule has 0 saturated carbocycles. The van der Waals surface area contributed by atoms with E-state index >= 15 is 0 Å². The maximum absolute atomic E-state index is 12.5. The maximum Gasteiger partial charge on any atom is 0.230 e. The van der Waals surface area contributed by atoms with Crippen LogP contribution in [-0.2, 0) is 24.3 Å². The Kier molecular flexibility index (Phi) is 8.22. The highest BCUT2D eigenvalue weighted by Gasteiger charge is 2.18. The Morgan fingerprint density at radius 2 is 1.76 bits per heavy atom. The molecule has 1 heterocycles. The molecule has 1 N–H and O–H groups in total. The lowest BCUT2D eigenvalue weighted by Gasteiger charge is -2.12. The molecule has 8 heteroatoms. The standard InChI is InChI=1S/C26H25ClN4O2S/c1-33-23-13-6-5-12-22(23)25-29-30-26(31(25)15-14-19-8-3-2-4-9-19)34-18-24(32)28-17-20-10-7-11-21(27)16-20/h2-13,16H,14-15,17-18H2,1H3,(H,28,32). The summed E-state index contributed by atoms with van der Waals surface area (Å²) in [6, 6.07) is 25.5. The van der Waals surface area contributed by atoms with Gasteiger partial charge in [0.1, 0.15) is 5.75 Å². The van der Waals surface area contributed by atoms with Crippen molar-refractivity contribution in [2.45, 2.75) is 24.7 Å². The predicted molar refractivity (Wildman–Crippen MR) is 136 cm³/mol. The number of methoxy groups -OCH3 is 1. The first-order valence-corrected chi connectivity index (χ1v) is 12.2. The summed E-state index contributed by atoms with van der Waals surface area (Å²) in [4.78, 5) is 12.5. The zero-order valence-electron chi connectivity index (χ0n) is 18.8. The number of nitrogens with one attached hydrogen (secondary N) is 1. The Labute approximate surface area is 208 Å². The van der Waals surface area contributed by atoms with E-state index in [4.69, 9.17) is 16.3 Å².